The first-order chi connectivity index (χ1) is 12.5. The number of carbonyl (C=O) groups is 1. The van der Waals surface area contributed by atoms with Crippen LogP contribution in [0.5, 0.6) is 5.75 Å². The number of aromatic nitrogens is 1. The minimum atomic E-state index is -0.297. The van der Waals surface area contributed by atoms with E-state index < -0.39 is 0 Å². The third kappa shape index (κ3) is 2.53. The third-order valence-corrected chi connectivity index (χ3v) is 5.23. The number of aryl methyl sites for hydroxylation is 1. The number of hydrogen-bond acceptors (Lipinski definition) is 3. The Labute approximate surface area is 152 Å². The number of fused-ring (bicyclic) bond motifs is 3. The van der Waals surface area contributed by atoms with Crippen molar-refractivity contribution >= 4 is 16.9 Å². The van der Waals surface area contributed by atoms with Gasteiger partial charge in [-0.1, -0.05) is 50.2 Å². The van der Waals surface area contributed by atoms with Crippen molar-refractivity contribution in [3.05, 3.63) is 75.6 Å². The molecule has 0 bridgehead atoms. The predicted molar refractivity (Wildman–Crippen MR) is 102 cm³/mol. The summed E-state index contributed by atoms with van der Waals surface area (Å²) in [5.74, 6) is 0.270. The van der Waals surface area contributed by atoms with Crippen LogP contribution < -0.4 is 10.3 Å². The van der Waals surface area contributed by atoms with Gasteiger partial charge >= 0.3 is 5.97 Å². The fourth-order valence-electron chi connectivity index (χ4n) is 3.73. The van der Waals surface area contributed by atoms with Crippen molar-refractivity contribution < 1.29 is 9.53 Å². The standard InChI is InChI=1S/C22H21NO3/c1-13(2)14-8-10-15(11-9-14)17-12-19(24)26-21-16-6-4-5-7-18(16)23(3)22(25)20(17)21/h4-11,13,17H,12H2,1-3H3/t17-/m1/s1. The zero-order valence-electron chi connectivity index (χ0n) is 15.2. The van der Waals surface area contributed by atoms with Gasteiger partial charge in [0.1, 0.15) is 5.75 Å². The lowest BCUT2D eigenvalue weighted by molar-refractivity contribution is -0.135. The molecule has 1 aliphatic rings. The Morgan fingerprint density at radius 3 is 2.42 bits per heavy atom. The van der Waals surface area contributed by atoms with E-state index in [1.165, 1.54) is 5.56 Å². The lowest BCUT2D eigenvalue weighted by Gasteiger charge is -2.26. The van der Waals surface area contributed by atoms with Gasteiger partial charge in [0.25, 0.3) is 5.56 Å². The molecule has 0 saturated carbocycles. The molecule has 2 heterocycles. The molecule has 0 N–H and O–H groups in total. The summed E-state index contributed by atoms with van der Waals surface area (Å²) in [6.45, 7) is 4.29. The topological polar surface area (TPSA) is 48.3 Å². The first kappa shape index (κ1) is 16.6. The molecule has 0 radical (unpaired) electrons. The molecule has 1 aliphatic heterocycles. The lowest BCUT2D eigenvalue weighted by Crippen LogP contribution is -2.31. The van der Waals surface area contributed by atoms with E-state index in [9.17, 15) is 9.59 Å². The number of nitrogens with zero attached hydrogens (tertiary/aromatic N) is 1. The van der Waals surface area contributed by atoms with E-state index >= 15 is 0 Å². The molecule has 1 atom stereocenters. The molecule has 26 heavy (non-hydrogen) atoms. The second-order valence-corrected chi connectivity index (χ2v) is 7.18. The molecule has 1 aromatic heterocycles. The van der Waals surface area contributed by atoms with Crippen LogP contribution in [0.15, 0.2) is 53.3 Å². The van der Waals surface area contributed by atoms with Gasteiger partial charge in [-0.3, -0.25) is 9.59 Å². The van der Waals surface area contributed by atoms with Gasteiger partial charge < -0.3 is 9.30 Å². The Balaban J connectivity index is 1.96. The molecule has 0 saturated heterocycles. The monoisotopic (exact) mass is 347 g/mol. The molecule has 0 amide bonds. The van der Waals surface area contributed by atoms with Crippen LogP contribution >= 0.6 is 0 Å². The summed E-state index contributed by atoms with van der Waals surface area (Å²) in [6.07, 6.45) is 0.182. The summed E-state index contributed by atoms with van der Waals surface area (Å²) >= 11 is 0. The molecule has 4 heteroatoms. The second kappa shape index (κ2) is 6.13. The van der Waals surface area contributed by atoms with Gasteiger partial charge in [-0.25, -0.2) is 0 Å². The SMILES string of the molecule is CC(C)c1ccc([C@H]2CC(=O)Oc3c2c(=O)n(C)c2ccccc32)cc1. The van der Waals surface area contributed by atoms with Gasteiger partial charge in [0.15, 0.2) is 0 Å². The molecule has 3 aromatic rings. The van der Waals surface area contributed by atoms with Crippen LogP contribution in [0.1, 0.15) is 48.8 Å². The zero-order valence-corrected chi connectivity index (χ0v) is 15.2. The first-order valence-electron chi connectivity index (χ1n) is 8.89. The summed E-state index contributed by atoms with van der Waals surface area (Å²) in [5.41, 5.74) is 3.44. The number of benzene rings is 2. The molecule has 132 valence electrons. The fraction of sp³-hybridized carbons (Fsp3) is 0.273. The van der Waals surface area contributed by atoms with Crippen LogP contribution in [0.25, 0.3) is 10.9 Å². The van der Waals surface area contributed by atoms with Crippen molar-refractivity contribution in [2.24, 2.45) is 7.05 Å². The third-order valence-electron chi connectivity index (χ3n) is 5.23. The maximum Gasteiger partial charge on any atom is 0.312 e. The van der Waals surface area contributed by atoms with E-state index in [0.717, 1.165) is 16.5 Å². The largest absolute Gasteiger partial charge is 0.425 e. The van der Waals surface area contributed by atoms with Crippen molar-refractivity contribution in [2.75, 3.05) is 0 Å². The first-order valence-corrected chi connectivity index (χ1v) is 8.89. The number of para-hydroxylation sites is 1. The van der Waals surface area contributed by atoms with Gasteiger partial charge in [0.05, 0.1) is 17.5 Å². The fourth-order valence-corrected chi connectivity index (χ4v) is 3.73. The van der Waals surface area contributed by atoms with E-state index in [4.69, 9.17) is 4.74 Å². The van der Waals surface area contributed by atoms with Crippen molar-refractivity contribution in [3.63, 3.8) is 0 Å². The quantitative estimate of drug-likeness (QED) is 0.656. The predicted octanol–water partition coefficient (Wildman–Crippen LogP) is 4.10. The van der Waals surface area contributed by atoms with E-state index in [1.807, 2.05) is 36.4 Å². The molecule has 2 aromatic carbocycles. The highest BCUT2D eigenvalue weighted by Gasteiger charge is 2.33. The normalized spacial score (nSPS) is 16.6. The minimum Gasteiger partial charge on any atom is -0.425 e. The molecular weight excluding hydrogens is 326 g/mol. The molecule has 0 spiro atoms. The smallest absolute Gasteiger partial charge is 0.312 e. The Hall–Kier alpha value is -2.88. The Bertz CT molecular complexity index is 1060. The highest BCUT2D eigenvalue weighted by molar-refractivity contribution is 5.91. The summed E-state index contributed by atoms with van der Waals surface area (Å²) in [7, 11) is 1.76. The van der Waals surface area contributed by atoms with Gasteiger partial charge in [-0.2, -0.15) is 0 Å². The highest BCUT2D eigenvalue weighted by atomic mass is 16.5. The Kier molecular flexibility index (Phi) is 3.91. The number of ether oxygens (including phenoxy) is 1. The van der Waals surface area contributed by atoms with Gasteiger partial charge in [0.2, 0.25) is 0 Å². The average Bonchev–Trinajstić information content (AvgIpc) is 2.65. The lowest BCUT2D eigenvalue weighted by atomic mass is 9.85. The Morgan fingerprint density at radius 2 is 1.73 bits per heavy atom. The summed E-state index contributed by atoms with van der Waals surface area (Å²) < 4.78 is 7.18. The number of esters is 1. The number of rotatable bonds is 2. The highest BCUT2D eigenvalue weighted by Crippen LogP contribution is 2.40. The summed E-state index contributed by atoms with van der Waals surface area (Å²) in [5, 5.41) is 0.793. The van der Waals surface area contributed by atoms with Crippen LogP contribution in [-0.2, 0) is 11.8 Å². The second-order valence-electron chi connectivity index (χ2n) is 7.18. The maximum atomic E-state index is 13.1. The van der Waals surface area contributed by atoms with Crippen LogP contribution in [-0.4, -0.2) is 10.5 Å². The van der Waals surface area contributed by atoms with Gasteiger partial charge in [0, 0.05) is 18.4 Å². The number of pyridine rings is 1. The zero-order chi connectivity index (χ0) is 18.4. The van der Waals surface area contributed by atoms with E-state index in [0.29, 0.717) is 17.2 Å². The molecule has 0 aliphatic carbocycles. The molecule has 4 nitrogen and oxygen atoms in total. The van der Waals surface area contributed by atoms with Gasteiger partial charge in [-0.15, -0.1) is 0 Å². The van der Waals surface area contributed by atoms with Crippen molar-refractivity contribution in [3.8, 4) is 5.75 Å². The number of carbonyl (C=O) groups excluding carboxylic acids is 1. The summed E-state index contributed by atoms with van der Waals surface area (Å²) in [6, 6.07) is 15.7. The van der Waals surface area contributed by atoms with E-state index in [-0.39, 0.29) is 23.9 Å². The van der Waals surface area contributed by atoms with Crippen molar-refractivity contribution in [1.82, 2.24) is 4.57 Å². The van der Waals surface area contributed by atoms with Crippen LogP contribution in [0.4, 0.5) is 0 Å². The summed E-state index contributed by atoms with van der Waals surface area (Å²) in [4.78, 5) is 25.4. The van der Waals surface area contributed by atoms with Crippen molar-refractivity contribution in [2.45, 2.75) is 32.1 Å². The number of hydrogen-bond donors (Lipinski definition) is 0. The van der Waals surface area contributed by atoms with Gasteiger partial charge in [-0.05, 0) is 29.2 Å². The van der Waals surface area contributed by atoms with Crippen molar-refractivity contribution in [1.29, 1.82) is 0 Å². The maximum absolute atomic E-state index is 13.1. The average molecular weight is 347 g/mol. The molecular formula is C22H21NO3. The molecule has 0 fully saturated rings. The van der Waals surface area contributed by atoms with E-state index in [1.54, 1.807) is 11.6 Å². The van der Waals surface area contributed by atoms with E-state index in [2.05, 4.69) is 26.0 Å². The minimum absolute atomic E-state index is 0.107. The molecule has 4 rings (SSSR count). The van der Waals surface area contributed by atoms with Crippen LogP contribution in [0, 0.1) is 0 Å². The van der Waals surface area contributed by atoms with Crippen LogP contribution in [0.2, 0.25) is 0 Å². The van der Waals surface area contributed by atoms with Crippen LogP contribution in [0.3, 0.4) is 0 Å². The Morgan fingerprint density at radius 1 is 1.04 bits per heavy atom. The molecule has 0 unspecified atom stereocenters.